The predicted molar refractivity (Wildman–Crippen MR) is 98.2 cm³/mol. The Labute approximate surface area is 157 Å². The van der Waals surface area contributed by atoms with Gasteiger partial charge in [-0.15, -0.1) is 13.2 Å². The van der Waals surface area contributed by atoms with Crippen LogP contribution >= 0.6 is 0 Å². The molecule has 0 aliphatic rings. The summed E-state index contributed by atoms with van der Waals surface area (Å²) in [5.41, 5.74) is -2.22. The number of aliphatic hydroxyl groups is 1. The van der Waals surface area contributed by atoms with Crippen molar-refractivity contribution in [2.45, 2.75) is 52.2 Å². The normalized spacial score (nSPS) is 15.5. The van der Waals surface area contributed by atoms with Crippen LogP contribution in [0.3, 0.4) is 0 Å². The zero-order chi connectivity index (χ0) is 20.9. The molecule has 8 heteroatoms. The van der Waals surface area contributed by atoms with Crippen molar-refractivity contribution in [3.8, 4) is 18.1 Å². The van der Waals surface area contributed by atoms with E-state index in [4.69, 9.17) is 11.3 Å². The van der Waals surface area contributed by atoms with E-state index in [-0.39, 0.29) is 11.7 Å². The number of alkyl halides is 3. The smallest absolute Gasteiger partial charge is 0.484 e. The first-order valence-corrected chi connectivity index (χ1v) is 8.19. The summed E-state index contributed by atoms with van der Waals surface area (Å²) in [6.45, 7) is 13.5. The average Bonchev–Trinajstić information content (AvgIpc) is 2.51. The van der Waals surface area contributed by atoms with Crippen LogP contribution in [0, 0.1) is 12.5 Å². The van der Waals surface area contributed by atoms with E-state index < -0.39 is 23.3 Å². The molecule has 1 rings (SSSR count). The molecule has 148 valence electrons. The predicted octanol–water partition coefficient (Wildman–Crippen LogP) is 5.02. The Kier molecular flexibility index (Phi) is 7.04. The van der Waals surface area contributed by atoms with Gasteiger partial charge in [-0.3, -0.25) is 0 Å². The summed E-state index contributed by atoms with van der Waals surface area (Å²) in [5.74, 6) is -0.595. The number of benzene rings is 1. The minimum atomic E-state index is -4.81. The van der Waals surface area contributed by atoms with Gasteiger partial charge >= 0.3 is 12.7 Å². The maximum atomic E-state index is 12.4. The first-order valence-electron chi connectivity index (χ1n) is 8.19. The first-order chi connectivity index (χ1) is 12.3. The van der Waals surface area contributed by atoms with Crippen LogP contribution in [0.2, 0.25) is 0 Å². The van der Waals surface area contributed by atoms with E-state index in [0.29, 0.717) is 5.57 Å². The van der Waals surface area contributed by atoms with E-state index in [2.05, 4.69) is 14.6 Å². The Bertz CT molecular complexity index is 749. The number of hydrogen-bond donors (Lipinski definition) is 1. The maximum Gasteiger partial charge on any atom is 0.573 e. The SMILES string of the molecule is C#[N+]C=N/C=C(\C)C(O)(C(C)C)C(C)(C)Oc1cccc(OC(F)(F)F)c1. The molecule has 0 amide bonds. The van der Waals surface area contributed by atoms with Crippen LogP contribution in [-0.4, -0.2) is 29.0 Å². The minimum absolute atomic E-state index is 0.120. The highest BCUT2D eigenvalue weighted by Crippen LogP contribution is 2.40. The zero-order valence-corrected chi connectivity index (χ0v) is 15.9. The average molecular weight is 385 g/mol. The largest absolute Gasteiger partial charge is 0.573 e. The van der Waals surface area contributed by atoms with Crippen LogP contribution in [0.4, 0.5) is 13.2 Å². The Hall–Kier alpha value is -2.53. The van der Waals surface area contributed by atoms with Gasteiger partial charge in [-0.2, -0.15) is 4.85 Å². The van der Waals surface area contributed by atoms with Crippen molar-refractivity contribution in [1.29, 1.82) is 0 Å². The molecule has 5 nitrogen and oxygen atoms in total. The molecule has 0 radical (unpaired) electrons. The maximum absolute atomic E-state index is 12.4. The quantitative estimate of drug-likeness (QED) is 0.529. The Balaban J connectivity index is 3.22. The van der Waals surface area contributed by atoms with Crippen LogP contribution in [0.5, 0.6) is 11.5 Å². The molecule has 0 spiro atoms. The summed E-state index contributed by atoms with van der Waals surface area (Å²) in [4.78, 5) is 7.12. The molecule has 1 N–H and O–H groups in total. The van der Waals surface area contributed by atoms with Gasteiger partial charge in [-0.25, -0.2) is 0 Å². The fourth-order valence-electron chi connectivity index (χ4n) is 3.01. The van der Waals surface area contributed by atoms with E-state index in [1.165, 1.54) is 18.3 Å². The zero-order valence-electron chi connectivity index (χ0n) is 15.9. The molecule has 0 saturated heterocycles. The minimum Gasteiger partial charge on any atom is -0.484 e. The third-order valence-electron chi connectivity index (χ3n) is 4.17. The molecule has 0 aromatic heterocycles. The molecule has 1 unspecified atom stereocenters. The van der Waals surface area contributed by atoms with E-state index in [1.807, 2.05) is 0 Å². The van der Waals surface area contributed by atoms with E-state index in [1.54, 1.807) is 34.6 Å². The number of ether oxygens (including phenoxy) is 2. The van der Waals surface area contributed by atoms with Crippen molar-refractivity contribution in [1.82, 2.24) is 0 Å². The molecule has 0 aliphatic carbocycles. The second-order valence-corrected chi connectivity index (χ2v) is 6.78. The van der Waals surface area contributed by atoms with E-state index in [0.717, 1.165) is 18.5 Å². The number of aliphatic imine (C=N–C) groups is 1. The summed E-state index contributed by atoms with van der Waals surface area (Å²) in [6.07, 6.45) is -2.28. The Morgan fingerprint density at radius 3 is 2.26 bits per heavy atom. The van der Waals surface area contributed by atoms with Gasteiger partial charge in [0, 0.05) is 11.6 Å². The van der Waals surface area contributed by atoms with Gasteiger partial charge in [0.1, 0.15) is 35.5 Å². The van der Waals surface area contributed by atoms with Gasteiger partial charge in [0.25, 0.3) is 0 Å². The molecule has 0 saturated carbocycles. The lowest BCUT2D eigenvalue weighted by Crippen LogP contribution is -2.58. The molecule has 27 heavy (non-hydrogen) atoms. The summed E-state index contributed by atoms with van der Waals surface area (Å²) in [6, 6.07) is 5.13. The van der Waals surface area contributed by atoms with Crippen LogP contribution in [0.1, 0.15) is 34.6 Å². The monoisotopic (exact) mass is 385 g/mol. The lowest BCUT2D eigenvalue weighted by molar-refractivity contribution is -0.274. The molecule has 1 atom stereocenters. The van der Waals surface area contributed by atoms with Crippen molar-refractivity contribution < 1.29 is 27.8 Å². The number of nitrogens with zero attached hydrogens (tertiary/aromatic N) is 2. The van der Waals surface area contributed by atoms with Crippen molar-refractivity contribution >= 4 is 6.34 Å². The summed E-state index contributed by atoms with van der Waals surface area (Å²) in [7, 11) is 0. The van der Waals surface area contributed by atoms with Crippen LogP contribution in [0.15, 0.2) is 41.0 Å². The fourth-order valence-corrected chi connectivity index (χ4v) is 3.01. The third kappa shape index (κ3) is 5.73. The van der Waals surface area contributed by atoms with Gasteiger partial charge in [0.15, 0.2) is 0 Å². The van der Waals surface area contributed by atoms with Gasteiger partial charge < -0.3 is 14.6 Å². The molecule has 1 aromatic carbocycles. The first kappa shape index (κ1) is 22.5. The van der Waals surface area contributed by atoms with Gasteiger partial charge in [0.05, 0.1) is 0 Å². The standard InChI is InChI=1S/C19H24F3N2O3/c1-13(2)18(25,14(3)11-24-12-23-6)17(4,5)26-15-8-7-9-16(10-15)27-19(20,21)22/h6-13,25H,1-5H3/q+1/b14-11+,24-12?. The Morgan fingerprint density at radius 1 is 1.22 bits per heavy atom. The third-order valence-corrected chi connectivity index (χ3v) is 4.17. The van der Waals surface area contributed by atoms with E-state index in [9.17, 15) is 18.3 Å². The number of halogens is 3. The molecule has 0 heterocycles. The summed E-state index contributed by atoms with van der Waals surface area (Å²) >= 11 is 0. The van der Waals surface area contributed by atoms with Crippen LogP contribution in [-0.2, 0) is 0 Å². The second-order valence-electron chi connectivity index (χ2n) is 6.78. The second kappa shape index (κ2) is 8.44. The molecule has 1 aromatic rings. The molecular formula is C19H24F3N2O3+. The molecule has 0 bridgehead atoms. The van der Waals surface area contributed by atoms with E-state index >= 15 is 0 Å². The highest BCUT2D eigenvalue weighted by Gasteiger charge is 2.50. The summed E-state index contributed by atoms with van der Waals surface area (Å²) in [5, 5.41) is 11.4. The summed E-state index contributed by atoms with van der Waals surface area (Å²) < 4.78 is 47.0. The highest BCUT2D eigenvalue weighted by atomic mass is 19.4. The molecule has 0 fully saturated rings. The topological polar surface area (TPSA) is 55.4 Å². The van der Waals surface area contributed by atoms with Gasteiger partial charge in [-0.1, -0.05) is 19.9 Å². The van der Waals surface area contributed by atoms with Crippen molar-refractivity contribution in [2.24, 2.45) is 10.9 Å². The van der Waals surface area contributed by atoms with Gasteiger partial charge in [0.2, 0.25) is 0 Å². The fraction of sp³-hybridized carbons (Fsp3) is 0.474. The molecular weight excluding hydrogens is 361 g/mol. The highest BCUT2D eigenvalue weighted by molar-refractivity contribution is 5.67. The van der Waals surface area contributed by atoms with Crippen molar-refractivity contribution in [3.05, 3.63) is 40.9 Å². The van der Waals surface area contributed by atoms with Crippen molar-refractivity contribution in [3.63, 3.8) is 0 Å². The lowest BCUT2D eigenvalue weighted by Gasteiger charge is -2.45. The van der Waals surface area contributed by atoms with Gasteiger partial charge in [-0.05, 0) is 43.8 Å². The molecule has 0 aliphatic heterocycles. The van der Waals surface area contributed by atoms with Crippen molar-refractivity contribution in [2.75, 3.05) is 0 Å². The number of rotatable bonds is 7. The number of hydrogen-bond acceptors (Lipinski definition) is 4. The lowest BCUT2D eigenvalue weighted by atomic mass is 9.72. The van der Waals surface area contributed by atoms with Crippen LogP contribution in [0.25, 0.3) is 4.85 Å². The Morgan fingerprint density at radius 2 is 1.78 bits per heavy atom. The van der Waals surface area contributed by atoms with Crippen LogP contribution < -0.4 is 9.47 Å².